The molecule has 154 valence electrons. The van der Waals surface area contributed by atoms with Crippen LogP contribution in [-0.2, 0) is 21.2 Å². The maximum Gasteiger partial charge on any atom is 0.247 e. The number of hydrogen-bond donors (Lipinski definition) is 0. The van der Waals surface area contributed by atoms with E-state index in [9.17, 15) is 13.2 Å². The fraction of sp³-hybridized carbons (Fsp3) is 0.318. The quantitative estimate of drug-likeness (QED) is 0.654. The van der Waals surface area contributed by atoms with E-state index in [0.29, 0.717) is 18.0 Å². The number of carbonyl (C=O) groups excluding carboxylic acids is 1. The smallest absolute Gasteiger partial charge is 0.247 e. The van der Waals surface area contributed by atoms with Gasteiger partial charge in [-0.25, -0.2) is 8.42 Å². The van der Waals surface area contributed by atoms with Crippen LogP contribution in [0.25, 0.3) is 6.08 Å². The average Bonchev–Trinajstić information content (AvgIpc) is 3.05. The van der Waals surface area contributed by atoms with Gasteiger partial charge in [-0.3, -0.25) is 4.79 Å². The van der Waals surface area contributed by atoms with Crippen LogP contribution in [0.3, 0.4) is 0 Å². The van der Waals surface area contributed by atoms with Gasteiger partial charge in [-0.15, -0.1) is 0 Å². The summed E-state index contributed by atoms with van der Waals surface area (Å²) in [5, 5.41) is 0.632. The number of carbonyl (C=O) groups is 1. The van der Waals surface area contributed by atoms with Crippen LogP contribution < -0.4 is 4.90 Å². The molecule has 0 spiro atoms. The molecule has 5 nitrogen and oxygen atoms in total. The van der Waals surface area contributed by atoms with Crippen molar-refractivity contribution in [2.75, 3.05) is 30.5 Å². The summed E-state index contributed by atoms with van der Waals surface area (Å²) in [5.41, 5.74) is 2.89. The van der Waals surface area contributed by atoms with Gasteiger partial charge in [0.2, 0.25) is 5.91 Å². The molecular formula is C22H25ClN2O3S. The van der Waals surface area contributed by atoms with Crippen molar-refractivity contribution in [1.82, 2.24) is 4.90 Å². The summed E-state index contributed by atoms with van der Waals surface area (Å²) >= 11 is 5.90. The van der Waals surface area contributed by atoms with E-state index in [2.05, 4.69) is 0 Å². The summed E-state index contributed by atoms with van der Waals surface area (Å²) in [6.45, 7) is 0.373. The summed E-state index contributed by atoms with van der Waals surface area (Å²) in [5.74, 6) is -0.0515. The van der Waals surface area contributed by atoms with Crippen molar-refractivity contribution in [2.45, 2.75) is 19.0 Å². The Bertz CT molecular complexity index is 984. The average molecular weight is 433 g/mol. The van der Waals surface area contributed by atoms with Crippen LogP contribution in [0.1, 0.15) is 17.5 Å². The normalized spacial score (nSPS) is 18.1. The van der Waals surface area contributed by atoms with Crippen LogP contribution in [0.4, 0.5) is 5.69 Å². The predicted octanol–water partition coefficient (Wildman–Crippen LogP) is 3.64. The van der Waals surface area contributed by atoms with Gasteiger partial charge >= 0.3 is 0 Å². The molecule has 0 saturated carbocycles. The largest absolute Gasteiger partial charge is 0.378 e. The highest BCUT2D eigenvalue weighted by Gasteiger charge is 2.34. The molecule has 0 radical (unpaired) electrons. The van der Waals surface area contributed by atoms with Gasteiger partial charge in [0.1, 0.15) is 0 Å². The Labute approximate surface area is 177 Å². The molecule has 0 N–H and O–H groups in total. The molecule has 1 fully saturated rings. The lowest BCUT2D eigenvalue weighted by Gasteiger charge is -2.27. The summed E-state index contributed by atoms with van der Waals surface area (Å²) in [4.78, 5) is 16.6. The first-order chi connectivity index (χ1) is 13.7. The van der Waals surface area contributed by atoms with Crippen molar-refractivity contribution in [1.29, 1.82) is 0 Å². The van der Waals surface area contributed by atoms with E-state index >= 15 is 0 Å². The van der Waals surface area contributed by atoms with Gasteiger partial charge in [0.05, 0.1) is 11.5 Å². The monoisotopic (exact) mass is 432 g/mol. The first kappa shape index (κ1) is 21.4. The number of hydrogen-bond acceptors (Lipinski definition) is 4. The molecule has 1 saturated heterocycles. The minimum absolute atomic E-state index is 0.0172. The highest BCUT2D eigenvalue weighted by Crippen LogP contribution is 2.22. The maximum atomic E-state index is 13.0. The number of benzene rings is 2. The highest BCUT2D eigenvalue weighted by molar-refractivity contribution is 7.91. The van der Waals surface area contributed by atoms with E-state index in [0.717, 1.165) is 16.8 Å². The topological polar surface area (TPSA) is 57.7 Å². The summed E-state index contributed by atoms with van der Waals surface area (Å²) in [6.07, 6.45) is 3.70. The first-order valence-corrected chi connectivity index (χ1v) is 11.6. The molecule has 7 heteroatoms. The molecule has 1 amide bonds. The number of anilines is 1. The van der Waals surface area contributed by atoms with Gasteiger partial charge in [-0.2, -0.15) is 0 Å². The Hall–Kier alpha value is -2.31. The van der Waals surface area contributed by atoms with Crippen LogP contribution in [0, 0.1) is 0 Å². The van der Waals surface area contributed by atoms with E-state index < -0.39 is 9.84 Å². The predicted molar refractivity (Wildman–Crippen MR) is 119 cm³/mol. The number of amides is 1. The zero-order valence-corrected chi connectivity index (χ0v) is 18.2. The molecule has 2 aromatic carbocycles. The summed E-state index contributed by atoms with van der Waals surface area (Å²) < 4.78 is 24.0. The Morgan fingerprint density at radius 2 is 1.76 bits per heavy atom. The Morgan fingerprint density at radius 1 is 1.10 bits per heavy atom. The number of halogens is 1. The lowest BCUT2D eigenvalue weighted by molar-refractivity contribution is -0.128. The Kier molecular flexibility index (Phi) is 6.65. The van der Waals surface area contributed by atoms with E-state index in [1.165, 1.54) is 6.08 Å². The molecule has 1 atom stereocenters. The number of nitrogens with zero attached hydrogens (tertiary/aromatic N) is 2. The van der Waals surface area contributed by atoms with Gasteiger partial charge < -0.3 is 9.80 Å². The number of sulfone groups is 1. The second-order valence-corrected chi connectivity index (χ2v) is 10.1. The van der Waals surface area contributed by atoms with Crippen molar-refractivity contribution in [2.24, 2.45) is 0 Å². The van der Waals surface area contributed by atoms with Crippen LogP contribution >= 0.6 is 11.6 Å². The van der Waals surface area contributed by atoms with E-state index in [1.807, 2.05) is 55.4 Å². The molecule has 1 aliphatic heterocycles. The van der Waals surface area contributed by atoms with Crippen molar-refractivity contribution < 1.29 is 13.2 Å². The zero-order valence-electron chi connectivity index (χ0n) is 16.6. The van der Waals surface area contributed by atoms with E-state index in [4.69, 9.17) is 11.6 Å². The molecule has 29 heavy (non-hydrogen) atoms. The molecule has 2 aromatic rings. The van der Waals surface area contributed by atoms with Crippen molar-refractivity contribution in [3.05, 3.63) is 70.8 Å². The molecule has 0 aromatic heterocycles. The van der Waals surface area contributed by atoms with Crippen molar-refractivity contribution in [3.63, 3.8) is 0 Å². The van der Waals surface area contributed by atoms with Crippen LogP contribution in [0.5, 0.6) is 0 Å². The second-order valence-electron chi connectivity index (χ2n) is 7.47. The van der Waals surface area contributed by atoms with Crippen molar-refractivity contribution >= 4 is 39.1 Å². The van der Waals surface area contributed by atoms with E-state index in [1.54, 1.807) is 23.1 Å². The maximum absolute atomic E-state index is 13.0. The van der Waals surface area contributed by atoms with Gasteiger partial charge in [0.25, 0.3) is 0 Å². The van der Waals surface area contributed by atoms with E-state index in [-0.39, 0.29) is 23.5 Å². The van der Waals surface area contributed by atoms with Crippen LogP contribution in [0.15, 0.2) is 54.6 Å². The zero-order chi connectivity index (χ0) is 21.0. The lowest BCUT2D eigenvalue weighted by atomic mass is 10.1. The molecule has 0 unspecified atom stereocenters. The third kappa shape index (κ3) is 5.84. The standard InChI is InChI=1S/C22H25ClN2O3S/c1-24(2)20-10-5-18(6-11-20)15-25(21-13-14-29(27,28)16-21)22(26)12-7-17-3-8-19(23)9-4-17/h3-12,21H,13-16H2,1-2H3/b12-7+/t21-/m0/s1. The fourth-order valence-electron chi connectivity index (χ4n) is 3.34. The molecule has 1 heterocycles. The summed E-state index contributed by atoms with van der Waals surface area (Å²) in [7, 11) is 0.841. The Balaban J connectivity index is 1.80. The first-order valence-electron chi connectivity index (χ1n) is 9.44. The molecule has 0 bridgehead atoms. The third-order valence-electron chi connectivity index (χ3n) is 5.03. The molecular weight excluding hydrogens is 408 g/mol. The summed E-state index contributed by atoms with van der Waals surface area (Å²) in [6, 6.07) is 14.8. The highest BCUT2D eigenvalue weighted by atomic mass is 35.5. The minimum Gasteiger partial charge on any atom is -0.378 e. The molecule has 0 aliphatic carbocycles. The van der Waals surface area contributed by atoms with Gasteiger partial charge in [0.15, 0.2) is 9.84 Å². The molecule has 3 rings (SSSR count). The number of rotatable bonds is 6. The fourth-order valence-corrected chi connectivity index (χ4v) is 5.20. The van der Waals surface area contributed by atoms with Gasteiger partial charge in [-0.1, -0.05) is 35.9 Å². The van der Waals surface area contributed by atoms with Crippen molar-refractivity contribution in [3.8, 4) is 0 Å². The third-order valence-corrected chi connectivity index (χ3v) is 7.03. The van der Waals surface area contributed by atoms with Crippen LogP contribution in [0.2, 0.25) is 5.02 Å². The van der Waals surface area contributed by atoms with Gasteiger partial charge in [-0.05, 0) is 47.9 Å². The minimum atomic E-state index is -3.10. The van der Waals surface area contributed by atoms with Gasteiger partial charge in [0, 0.05) is 43.5 Å². The van der Waals surface area contributed by atoms with Crippen LogP contribution in [-0.4, -0.2) is 50.9 Å². The molecule has 1 aliphatic rings. The Morgan fingerprint density at radius 3 is 2.31 bits per heavy atom. The lowest BCUT2D eigenvalue weighted by Crippen LogP contribution is -2.39. The second kappa shape index (κ2) is 9.01. The SMILES string of the molecule is CN(C)c1ccc(CN(C(=O)/C=C/c2ccc(Cl)cc2)[C@H]2CCS(=O)(=O)C2)cc1.